The number of nitrogens with two attached hydrogens (primary N) is 3. The Balaban J connectivity index is 1.92. The molecule has 0 saturated heterocycles. The molecule has 0 saturated carbocycles. The normalized spacial score (nSPS) is 11.2. The van der Waals surface area contributed by atoms with Gasteiger partial charge in [-0.25, -0.2) is 28.4 Å². The van der Waals surface area contributed by atoms with Gasteiger partial charge in [0.25, 0.3) is 0 Å². The first-order chi connectivity index (χ1) is 12.9. The highest BCUT2D eigenvalue weighted by atomic mass is 19.1. The summed E-state index contributed by atoms with van der Waals surface area (Å²) in [5.74, 6) is -0.908. The summed E-state index contributed by atoms with van der Waals surface area (Å²) in [7, 11) is 0. The van der Waals surface area contributed by atoms with Crippen molar-refractivity contribution in [3.05, 3.63) is 53.7 Å². The van der Waals surface area contributed by atoms with Gasteiger partial charge >= 0.3 is 0 Å². The van der Waals surface area contributed by atoms with E-state index in [1.165, 1.54) is 16.8 Å². The Labute approximate surface area is 151 Å². The number of halogens is 2. The number of benzene rings is 1. The molecule has 0 bridgehead atoms. The van der Waals surface area contributed by atoms with Crippen LogP contribution in [-0.2, 0) is 6.54 Å². The molecule has 4 aromatic rings. The zero-order chi connectivity index (χ0) is 19.1. The average Bonchev–Trinajstić information content (AvgIpc) is 2.99. The molecule has 0 unspecified atom stereocenters. The lowest BCUT2D eigenvalue weighted by atomic mass is 10.2. The summed E-state index contributed by atoms with van der Waals surface area (Å²) in [5, 5.41) is 4.74. The van der Waals surface area contributed by atoms with E-state index in [-0.39, 0.29) is 41.2 Å². The summed E-state index contributed by atoms with van der Waals surface area (Å²) in [4.78, 5) is 12.2. The van der Waals surface area contributed by atoms with E-state index >= 15 is 0 Å². The second kappa shape index (κ2) is 6.16. The molecule has 0 aliphatic heterocycles. The van der Waals surface area contributed by atoms with Crippen molar-refractivity contribution in [1.29, 1.82) is 0 Å². The van der Waals surface area contributed by atoms with Gasteiger partial charge in [0.05, 0.1) is 18.1 Å². The molecular formula is C17H14F2N8. The van der Waals surface area contributed by atoms with E-state index < -0.39 is 5.82 Å². The fourth-order valence-electron chi connectivity index (χ4n) is 2.71. The van der Waals surface area contributed by atoms with Crippen molar-refractivity contribution in [2.45, 2.75) is 6.54 Å². The molecule has 0 amide bonds. The van der Waals surface area contributed by atoms with E-state index in [0.29, 0.717) is 16.6 Å². The van der Waals surface area contributed by atoms with E-state index in [1.807, 2.05) is 0 Å². The first-order valence-electron chi connectivity index (χ1n) is 7.88. The molecule has 27 heavy (non-hydrogen) atoms. The second-order valence-electron chi connectivity index (χ2n) is 5.85. The molecule has 3 aromatic heterocycles. The summed E-state index contributed by atoms with van der Waals surface area (Å²) >= 11 is 0. The Kier molecular flexibility index (Phi) is 3.80. The van der Waals surface area contributed by atoms with Crippen molar-refractivity contribution in [2.75, 3.05) is 17.2 Å². The molecule has 1 aromatic carbocycles. The van der Waals surface area contributed by atoms with Crippen LogP contribution in [0.4, 0.5) is 26.1 Å². The Morgan fingerprint density at radius 2 is 1.70 bits per heavy atom. The van der Waals surface area contributed by atoms with Crippen LogP contribution in [0, 0.1) is 11.6 Å². The van der Waals surface area contributed by atoms with Crippen LogP contribution in [0.3, 0.4) is 0 Å². The third-order valence-corrected chi connectivity index (χ3v) is 4.05. The third-order valence-electron chi connectivity index (χ3n) is 4.05. The summed E-state index contributed by atoms with van der Waals surface area (Å²) in [6.45, 7) is 0.0851. The number of fused-ring (bicyclic) bond motifs is 1. The zero-order valence-corrected chi connectivity index (χ0v) is 13.9. The summed E-state index contributed by atoms with van der Waals surface area (Å²) < 4.78 is 29.3. The number of nitrogens with zero attached hydrogens (tertiary/aromatic N) is 5. The largest absolute Gasteiger partial charge is 0.393 e. The Morgan fingerprint density at radius 3 is 2.41 bits per heavy atom. The van der Waals surface area contributed by atoms with Gasteiger partial charge in [-0.05, 0) is 12.1 Å². The van der Waals surface area contributed by atoms with E-state index in [1.54, 1.807) is 18.2 Å². The summed E-state index contributed by atoms with van der Waals surface area (Å²) in [6, 6.07) is 7.52. The molecular weight excluding hydrogens is 354 g/mol. The van der Waals surface area contributed by atoms with Crippen LogP contribution >= 0.6 is 0 Å². The standard InChI is InChI=1S/C17H14F2N8/c18-9-5-10-13(16-24-14(21)12(20)15(22)25-16)26-27(17(10)23-6-9)7-8-3-1-2-4-11(8)19/h1-6H,7,20H2,(H4,21,22,24,25). The quantitative estimate of drug-likeness (QED) is 0.503. The maximum atomic E-state index is 14.0. The molecule has 0 aliphatic rings. The van der Waals surface area contributed by atoms with Crippen molar-refractivity contribution < 1.29 is 8.78 Å². The van der Waals surface area contributed by atoms with Crippen molar-refractivity contribution in [3.63, 3.8) is 0 Å². The molecule has 3 heterocycles. The molecule has 136 valence electrons. The number of pyridine rings is 1. The van der Waals surface area contributed by atoms with Crippen molar-refractivity contribution in [3.8, 4) is 11.5 Å². The number of aromatic nitrogens is 5. The van der Waals surface area contributed by atoms with E-state index in [0.717, 1.165) is 6.20 Å². The minimum atomic E-state index is -0.564. The predicted molar refractivity (Wildman–Crippen MR) is 97.3 cm³/mol. The predicted octanol–water partition coefficient (Wildman–Crippen LogP) is 1.96. The average molecular weight is 368 g/mol. The lowest BCUT2D eigenvalue weighted by molar-refractivity contribution is 0.588. The maximum Gasteiger partial charge on any atom is 0.184 e. The molecule has 0 aliphatic carbocycles. The van der Waals surface area contributed by atoms with Crippen LogP contribution in [-0.4, -0.2) is 24.7 Å². The number of rotatable bonds is 3. The number of anilines is 3. The van der Waals surface area contributed by atoms with Crippen molar-refractivity contribution in [2.24, 2.45) is 0 Å². The second-order valence-corrected chi connectivity index (χ2v) is 5.85. The Hall–Kier alpha value is -3.82. The van der Waals surface area contributed by atoms with Gasteiger partial charge in [-0.1, -0.05) is 18.2 Å². The van der Waals surface area contributed by atoms with Gasteiger partial charge in [0.15, 0.2) is 23.1 Å². The Bertz CT molecular complexity index is 1150. The highest BCUT2D eigenvalue weighted by Gasteiger charge is 2.19. The summed E-state index contributed by atoms with van der Waals surface area (Å²) in [6.07, 6.45) is 1.05. The smallest absolute Gasteiger partial charge is 0.184 e. The van der Waals surface area contributed by atoms with Gasteiger partial charge in [-0.3, -0.25) is 0 Å². The molecule has 8 nitrogen and oxygen atoms in total. The minimum Gasteiger partial charge on any atom is -0.393 e. The maximum absolute atomic E-state index is 14.0. The van der Waals surface area contributed by atoms with Gasteiger partial charge in [0.2, 0.25) is 0 Å². The van der Waals surface area contributed by atoms with Gasteiger partial charge in [0, 0.05) is 5.56 Å². The number of nitrogen functional groups attached to an aromatic ring is 3. The first-order valence-corrected chi connectivity index (χ1v) is 7.88. The van der Waals surface area contributed by atoms with Crippen LogP contribution in [0.25, 0.3) is 22.6 Å². The lowest BCUT2D eigenvalue weighted by Crippen LogP contribution is -2.07. The fourth-order valence-corrected chi connectivity index (χ4v) is 2.71. The van der Waals surface area contributed by atoms with Crippen LogP contribution in [0.2, 0.25) is 0 Å². The topological polar surface area (TPSA) is 135 Å². The van der Waals surface area contributed by atoms with Crippen LogP contribution in [0.15, 0.2) is 36.5 Å². The van der Waals surface area contributed by atoms with Crippen LogP contribution in [0.1, 0.15) is 5.56 Å². The number of hydrogen-bond acceptors (Lipinski definition) is 7. The van der Waals surface area contributed by atoms with Crippen molar-refractivity contribution in [1.82, 2.24) is 24.7 Å². The fraction of sp³-hybridized carbons (Fsp3) is 0.0588. The minimum absolute atomic E-state index is 0.0151. The molecule has 10 heteroatoms. The highest BCUT2D eigenvalue weighted by molar-refractivity contribution is 5.90. The third kappa shape index (κ3) is 2.86. The monoisotopic (exact) mass is 368 g/mol. The summed E-state index contributed by atoms with van der Waals surface area (Å²) in [5.41, 5.74) is 18.2. The zero-order valence-electron chi connectivity index (χ0n) is 13.9. The van der Waals surface area contributed by atoms with Crippen LogP contribution in [0.5, 0.6) is 0 Å². The van der Waals surface area contributed by atoms with E-state index in [2.05, 4.69) is 20.1 Å². The van der Waals surface area contributed by atoms with Crippen LogP contribution < -0.4 is 17.2 Å². The molecule has 0 fully saturated rings. The lowest BCUT2D eigenvalue weighted by Gasteiger charge is -2.05. The molecule has 4 rings (SSSR count). The van der Waals surface area contributed by atoms with Gasteiger partial charge in [-0.2, -0.15) is 5.10 Å². The SMILES string of the molecule is Nc1nc(-c2nn(Cc3ccccc3F)c3ncc(F)cc23)nc(N)c1N. The molecule has 6 N–H and O–H groups in total. The van der Waals surface area contributed by atoms with Gasteiger partial charge in [0.1, 0.15) is 23.0 Å². The molecule has 0 atom stereocenters. The first kappa shape index (κ1) is 16.6. The molecule has 0 spiro atoms. The number of hydrogen-bond donors (Lipinski definition) is 3. The van der Waals surface area contributed by atoms with E-state index in [4.69, 9.17) is 17.2 Å². The van der Waals surface area contributed by atoms with Gasteiger partial charge in [-0.15, -0.1) is 0 Å². The molecule has 0 radical (unpaired) electrons. The van der Waals surface area contributed by atoms with Crippen molar-refractivity contribution >= 4 is 28.4 Å². The highest BCUT2D eigenvalue weighted by Crippen LogP contribution is 2.29. The Morgan fingerprint density at radius 1 is 1.00 bits per heavy atom. The van der Waals surface area contributed by atoms with E-state index in [9.17, 15) is 8.78 Å². The van der Waals surface area contributed by atoms with Gasteiger partial charge < -0.3 is 17.2 Å².